The van der Waals surface area contributed by atoms with Gasteiger partial charge in [-0.3, -0.25) is 0 Å². The first kappa shape index (κ1) is 17.6. The highest BCUT2D eigenvalue weighted by atomic mass is 19.1. The largest absolute Gasteiger partial charge is 0.424 e. The maximum absolute atomic E-state index is 13.4. The van der Waals surface area contributed by atoms with E-state index in [1.807, 2.05) is 18.7 Å². The van der Waals surface area contributed by atoms with Crippen LogP contribution >= 0.6 is 0 Å². The van der Waals surface area contributed by atoms with Crippen LogP contribution in [0.4, 0.5) is 10.3 Å². The van der Waals surface area contributed by atoms with E-state index in [-0.39, 0.29) is 17.9 Å². The average molecular weight is 370 g/mol. The van der Waals surface area contributed by atoms with E-state index in [1.165, 1.54) is 12.1 Å². The van der Waals surface area contributed by atoms with E-state index < -0.39 is 0 Å². The fourth-order valence-electron chi connectivity index (χ4n) is 4.10. The van der Waals surface area contributed by atoms with Crippen molar-refractivity contribution < 1.29 is 9.13 Å². The van der Waals surface area contributed by atoms with Gasteiger partial charge in [-0.2, -0.15) is 10.2 Å². The number of benzene rings is 1. The molecule has 2 fully saturated rings. The fraction of sp³-hybridized carbons (Fsp3) is 0.526. The molecule has 27 heavy (non-hydrogen) atoms. The summed E-state index contributed by atoms with van der Waals surface area (Å²) in [4.78, 5) is 6.35. The lowest BCUT2D eigenvalue weighted by Gasteiger charge is -2.35. The standard InChI is InChI=1S/C19H23FN6O/c1-12(2)26-19(27-16-5-3-4-15(20)8-16)23-18(24-26)22-17-13-6-7-14(17)10-25(9-13)11-21/h3-5,8,12-14,17H,6-7,9-10H2,1-2H3,(H,22,24). The number of nitrogens with zero attached hydrogens (tertiary/aromatic N) is 5. The number of ether oxygens (including phenoxy) is 1. The Kier molecular flexibility index (Phi) is 4.60. The van der Waals surface area contributed by atoms with Crippen molar-refractivity contribution in [1.29, 1.82) is 5.26 Å². The molecule has 142 valence electrons. The molecule has 0 amide bonds. The molecule has 2 heterocycles. The minimum Gasteiger partial charge on any atom is -0.424 e. The molecule has 7 nitrogen and oxygen atoms in total. The van der Waals surface area contributed by atoms with E-state index >= 15 is 0 Å². The first-order valence-corrected chi connectivity index (χ1v) is 9.34. The highest BCUT2D eigenvalue weighted by molar-refractivity contribution is 5.32. The van der Waals surface area contributed by atoms with Crippen molar-refractivity contribution in [3.8, 4) is 18.0 Å². The molecule has 1 aliphatic heterocycles. The zero-order valence-electron chi connectivity index (χ0n) is 15.5. The van der Waals surface area contributed by atoms with Gasteiger partial charge in [0, 0.05) is 25.2 Å². The molecule has 2 unspecified atom stereocenters. The van der Waals surface area contributed by atoms with Gasteiger partial charge in [0.05, 0.1) is 6.04 Å². The Morgan fingerprint density at radius 2 is 2.04 bits per heavy atom. The minimum absolute atomic E-state index is 0.0498. The summed E-state index contributed by atoms with van der Waals surface area (Å²) in [5.41, 5.74) is 0. The number of likely N-dealkylation sites (tertiary alicyclic amines) is 1. The first-order valence-electron chi connectivity index (χ1n) is 9.34. The lowest BCUT2D eigenvalue weighted by molar-refractivity contribution is 0.217. The van der Waals surface area contributed by atoms with Crippen LogP contribution in [0.15, 0.2) is 24.3 Å². The van der Waals surface area contributed by atoms with Crippen LogP contribution in [0.1, 0.15) is 32.7 Å². The van der Waals surface area contributed by atoms with Gasteiger partial charge in [0.25, 0.3) is 0 Å². The number of hydrogen-bond donors (Lipinski definition) is 1. The van der Waals surface area contributed by atoms with Gasteiger partial charge in [-0.25, -0.2) is 9.07 Å². The van der Waals surface area contributed by atoms with Crippen LogP contribution in [0.3, 0.4) is 0 Å². The zero-order chi connectivity index (χ0) is 19.0. The monoisotopic (exact) mass is 370 g/mol. The third-order valence-corrected chi connectivity index (χ3v) is 5.37. The Morgan fingerprint density at radius 1 is 1.30 bits per heavy atom. The number of anilines is 1. The molecule has 2 bridgehead atoms. The summed E-state index contributed by atoms with van der Waals surface area (Å²) < 4.78 is 20.9. The Morgan fingerprint density at radius 3 is 2.67 bits per heavy atom. The predicted molar refractivity (Wildman–Crippen MR) is 97.7 cm³/mol. The smallest absolute Gasteiger partial charge is 0.322 e. The van der Waals surface area contributed by atoms with Crippen molar-refractivity contribution in [2.75, 3.05) is 18.4 Å². The van der Waals surface area contributed by atoms with E-state index in [1.54, 1.807) is 16.8 Å². The van der Waals surface area contributed by atoms with E-state index in [4.69, 9.17) is 4.74 Å². The van der Waals surface area contributed by atoms with E-state index in [0.29, 0.717) is 29.5 Å². The van der Waals surface area contributed by atoms with Gasteiger partial charge in [0.15, 0.2) is 6.19 Å². The number of piperidine rings is 1. The Hall–Kier alpha value is -2.82. The summed E-state index contributed by atoms with van der Waals surface area (Å²) in [7, 11) is 0. The highest BCUT2D eigenvalue weighted by Gasteiger charge is 2.42. The van der Waals surface area contributed by atoms with Crippen molar-refractivity contribution in [3.63, 3.8) is 0 Å². The molecule has 2 aliphatic rings. The van der Waals surface area contributed by atoms with Crippen LogP contribution in [0, 0.1) is 29.1 Å². The quantitative estimate of drug-likeness (QED) is 0.813. The van der Waals surface area contributed by atoms with Gasteiger partial charge < -0.3 is 15.0 Å². The van der Waals surface area contributed by atoms with Crippen molar-refractivity contribution in [2.45, 2.75) is 38.8 Å². The van der Waals surface area contributed by atoms with Crippen LogP contribution in [0.2, 0.25) is 0 Å². The molecule has 4 rings (SSSR count). The molecule has 1 saturated heterocycles. The molecular weight excluding hydrogens is 347 g/mol. The summed E-state index contributed by atoms with van der Waals surface area (Å²) in [6.07, 6.45) is 4.49. The van der Waals surface area contributed by atoms with Crippen LogP contribution in [-0.2, 0) is 0 Å². The molecule has 8 heteroatoms. The van der Waals surface area contributed by atoms with E-state index in [2.05, 4.69) is 21.6 Å². The Bertz CT molecular complexity index is 846. The van der Waals surface area contributed by atoms with Crippen molar-refractivity contribution in [3.05, 3.63) is 30.1 Å². The van der Waals surface area contributed by atoms with E-state index in [9.17, 15) is 9.65 Å². The summed E-state index contributed by atoms with van der Waals surface area (Å²) in [6.45, 7) is 5.54. The maximum Gasteiger partial charge on any atom is 0.322 e. The second-order valence-corrected chi connectivity index (χ2v) is 7.59. The van der Waals surface area contributed by atoms with Crippen molar-refractivity contribution >= 4 is 5.95 Å². The number of fused-ring (bicyclic) bond motifs is 2. The predicted octanol–water partition coefficient (Wildman–Crippen LogP) is 3.39. The van der Waals surface area contributed by atoms with Crippen LogP contribution in [0.25, 0.3) is 0 Å². The number of aromatic nitrogens is 3. The Balaban J connectivity index is 1.53. The second-order valence-electron chi connectivity index (χ2n) is 7.59. The average Bonchev–Trinajstić information content (AvgIpc) is 3.12. The van der Waals surface area contributed by atoms with E-state index in [0.717, 1.165) is 25.9 Å². The van der Waals surface area contributed by atoms with Gasteiger partial charge in [-0.1, -0.05) is 6.07 Å². The third kappa shape index (κ3) is 3.54. The molecular formula is C19H23FN6O. The molecule has 0 radical (unpaired) electrons. The number of hydrogen-bond acceptors (Lipinski definition) is 6. The highest BCUT2D eigenvalue weighted by Crippen LogP contribution is 2.38. The second kappa shape index (κ2) is 7.06. The molecule has 1 N–H and O–H groups in total. The fourth-order valence-corrected chi connectivity index (χ4v) is 4.10. The molecule has 2 aromatic rings. The van der Waals surface area contributed by atoms with Gasteiger partial charge >= 0.3 is 6.01 Å². The van der Waals surface area contributed by atoms with Gasteiger partial charge in [-0.05, 0) is 50.7 Å². The zero-order valence-corrected chi connectivity index (χ0v) is 15.5. The number of halogens is 1. The summed E-state index contributed by atoms with van der Waals surface area (Å²) in [5.74, 6) is 1.38. The normalized spacial score (nSPS) is 24.1. The molecule has 1 aliphatic carbocycles. The van der Waals surface area contributed by atoms with Crippen LogP contribution in [-0.4, -0.2) is 38.8 Å². The van der Waals surface area contributed by atoms with Gasteiger partial charge in [0.2, 0.25) is 5.95 Å². The minimum atomic E-state index is -0.359. The third-order valence-electron chi connectivity index (χ3n) is 5.37. The van der Waals surface area contributed by atoms with Crippen molar-refractivity contribution in [2.24, 2.45) is 11.8 Å². The van der Waals surface area contributed by atoms with Gasteiger partial charge in [0.1, 0.15) is 11.6 Å². The molecule has 1 saturated carbocycles. The number of nitrogens with one attached hydrogen (secondary N) is 1. The van der Waals surface area contributed by atoms with Crippen molar-refractivity contribution in [1.82, 2.24) is 19.7 Å². The molecule has 2 atom stereocenters. The van der Waals surface area contributed by atoms with Gasteiger partial charge in [-0.15, -0.1) is 5.10 Å². The number of nitriles is 1. The topological polar surface area (TPSA) is 79.0 Å². The summed E-state index contributed by atoms with van der Waals surface area (Å²) >= 11 is 0. The summed E-state index contributed by atoms with van der Waals surface area (Å²) in [6, 6.07) is 6.63. The van der Waals surface area contributed by atoms with Crippen LogP contribution in [0.5, 0.6) is 11.8 Å². The van der Waals surface area contributed by atoms with Crippen LogP contribution < -0.4 is 10.1 Å². The molecule has 0 spiro atoms. The first-order chi connectivity index (χ1) is 13.0. The lowest BCUT2D eigenvalue weighted by Crippen LogP contribution is -2.46. The maximum atomic E-state index is 13.4. The summed E-state index contributed by atoms with van der Waals surface area (Å²) in [5, 5.41) is 17.2. The number of rotatable bonds is 5. The molecule has 1 aromatic carbocycles. The lowest BCUT2D eigenvalue weighted by atomic mass is 9.92. The Labute approximate surface area is 157 Å². The SMILES string of the molecule is CC(C)n1nc(NC2C3CCC2CN(C#N)C3)nc1Oc1cccc(F)c1. The molecule has 1 aromatic heterocycles.